The Morgan fingerprint density at radius 3 is 2.53 bits per heavy atom. The Labute approximate surface area is 120 Å². The molecule has 0 bridgehead atoms. The van der Waals surface area contributed by atoms with E-state index in [4.69, 9.17) is 0 Å². The van der Waals surface area contributed by atoms with Gasteiger partial charge in [-0.05, 0) is 0 Å². The Hall–Kier alpha value is -1.46. The number of aromatic nitrogens is 3. The second-order valence-corrected chi connectivity index (χ2v) is 5.08. The van der Waals surface area contributed by atoms with E-state index in [9.17, 15) is 4.79 Å². The van der Waals surface area contributed by atoms with Gasteiger partial charge in [0.25, 0.3) is 0 Å². The number of carbonyl (C=O) groups excluding carboxylic acids is 1. The van der Waals surface area contributed by atoms with Gasteiger partial charge in [-0.15, -0.1) is 0 Å². The third kappa shape index (κ3) is 2.24. The van der Waals surface area contributed by atoms with Crippen LogP contribution in [0.15, 0.2) is 0 Å². The molecule has 2 aromatic rings. The van der Waals surface area contributed by atoms with Crippen LogP contribution in [0.25, 0.3) is 11.0 Å². The second kappa shape index (κ2) is 5.27. The number of nitrogens with zero attached hydrogens (tertiary/aromatic N) is 3. The van der Waals surface area contributed by atoms with Gasteiger partial charge >= 0.3 is 120 Å². The number of anilines is 1. The fraction of sp³-hybridized carbons (Fsp3) is 0.385. The van der Waals surface area contributed by atoms with Crippen molar-refractivity contribution in [2.45, 2.75) is 33.7 Å². The van der Waals surface area contributed by atoms with Crippen molar-refractivity contribution in [1.82, 2.24) is 14.5 Å². The summed E-state index contributed by atoms with van der Waals surface area (Å²) in [4.78, 5) is 19.6. The van der Waals surface area contributed by atoms with E-state index < -0.39 is 0 Å². The van der Waals surface area contributed by atoms with E-state index >= 15 is 0 Å². The SMILES string of the molecule is Cc1nc(NC=O)c2c([CH]=[V])c(C)n(C(C)C)c2n1. The molecule has 6 heteroatoms. The molecule has 2 aromatic heterocycles. The Morgan fingerprint density at radius 1 is 1.32 bits per heavy atom. The molecular formula is C13H16N4OV. The third-order valence-electron chi connectivity index (χ3n) is 3.09. The quantitative estimate of drug-likeness (QED) is 0.876. The zero-order chi connectivity index (χ0) is 14.2. The first kappa shape index (κ1) is 14.0. The normalized spacial score (nSPS) is 10.9. The number of nitrogens with one attached hydrogen (secondary N) is 1. The maximum atomic E-state index is 10.8. The molecule has 0 aliphatic rings. The number of hydrogen-bond donors (Lipinski definition) is 1. The first-order valence-electron chi connectivity index (χ1n) is 6.08. The molecular weight excluding hydrogens is 279 g/mol. The van der Waals surface area contributed by atoms with Crippen LogP contribution in [0.5, 0.6) is 0 Å². The first-order valence-corrected chi connectivity index (χ1v) is 6.88. The molecule has 0 saturated carbocycles. The average molecular weight is 295 g/mol. The summed E-state index contributed by atoms with van der Waals surface area (Å²) in [5, 5.41) is 3.57. The van der Waals surface area contributed by atoms with E-state index in [1.807, 2.05) is 11.7 Å². The molecule has 1 amide bonds. The van der Waals surface area contributed by atoms with Crippen LogP contribution in [0.4, 0.5) is 5.82 Å². The molecule has 0 fully saturated rings. The molecule has 0 unspecified atom stereocenters. The van der Waals surface area contributed by atoms with Gasteiger partial charge in [0.1, 0.15) is 0 Å². The number of hydrogen-bond acceptors (Lipinski definition) is 3. The molecule has 0 saturated heterocycles. The number of rotatable bonds is 4. The van der Waals surface area contributed by atoms with Crippen LogP contribution in [0.3, 0.4) is 0 Å². The van der Waals surface area contributed by atoms with E-state index in [2.05, 4.69) is 57.6 Å². The monoisotopic (exact) mass is 295 g/mol. The van der Waals surface area contributed by atoms with E-state index in [1.54, 1.807) is 0 Å². The summed E-state index contributed by atoms with van der Waals surface area (Å²) in [7, 11) is 0. The van der Waals surface area contributed by atoms with Crippen LogP contribution < -0.4 is 5.32 Å². The molecule has 2 heterocycles. The molecule has 0 spiro atoms. The van der Waals surface area contributed by atoms with Gasteiger partial charge in [0.05, 0.1) is 0 Å². The van der Waals surface area contributed by atoms with Crippen LogP contribution >= 0.6 is 0 Å². The molecule has 1 N–H and O–H groups in total. The fourth-order valence-corrected chi connectivity index (χ4v) is 2.89. The Morgan fingerprint density at radius 2 is 2.00 bits per heavy atom. The molecule has 0 aliphatic carbocycles. The first-order chi connectivity index (χ1) is 9.01. The van der Waals surface area contributed by atoms with Crippen LogP contribution in [-0.2, 0) is 21.8 Å². The van der Waals surface area contributed by atoms with E-state index in [0.29, 0.717) is 24.1 Å². The number of amides is 1. The minimum atomic E-state index is 0.294. The van der Waals surface area contributed by atoms with Crippen molar-refractivity contribution in [3.8, 4) is 0 Å². The van der Waals surface area contributed by atoms with Crippen molar-refractivity contribution in [1.29, 1.82) is 0 Å². The zero-order valence-electron chi connectivity index (χ0n) is 11.4. The Kier molecular flexibility index (Phi) is 3.87. The number of carbonyl (C=O) groups is 1. The van der Waals surface area contributed by atoms with Gasteiger partial charge in [-0.1, -0.05) is 0 Å². The van der Waals surface area contributed by atoms with Crippen LogP contribution in [-0.4, -0.2) is 25.7 Å². The third-order valence-corrected chi connectivity index (χ3v) is 3.49. The molecule has 99 valence electrons. The predicted octanol–water partition coefficient (Wildman–Crippen LogP) is 1.89. The maximum absolute atomic E-state index is 10.8. The van der Waals surface area contributed by atoms with Crippen molar-refractivity contribution >= 4 is 28.0 Å². The summed E-state index contributed by atoms with van der Waals surface area (Å²) < 4.78 is 4.14. The summed E-state index contributed by atoms with van der Waals surface area (Å²) in [5.74, 6) is 1.21. The van der Waals surface area contributed by atoms with Gasteiger partial charge in [0.15, 0.2) is 0 Å². The van der Waals surface area contributed by atoms with Gasteiger partial charge in [-0.3, -0.25) is 0 Å². The van der Waals surface area contributed by atoms with Gasteiger partial charge in [-0.2, -0.15) is 0 Å². The predicted molar refractivity (Wildman–Crippen MR) is 72.2 cm³/mol. The molecule has 5 nitrogen and oxygen atoms in total. The molecule has 0 atom stereocenters. The fourth-order valence-electron chi connectivity index (χ4n) is 2.40. The summed E-state index contributed by atoms with van der Waals surface area (Å²) in [5.41, 5.74) is 3.04. The van der Waals surface area contributed by atoms with E-state index in [-0.39, 0.29) is 0 Å². The van der Waals surface area contributed by atoms with Crippen molar-refractivity contribution in [3.05, 3.63) is 17.1 Å². The van der Waals surface area contributed by atoms with Crippen molar-refractivity contribution < 1.29 is 21.8 Å². The minimum absolute atomic E-state index is 0.294. The summed E-state index contributed by atoms with van der Waals surface area (Å²) in [6.45, 7) is 8.12. The number of aryl methyl sites for hydroxylation is 1. The van der Waals surface area contributed by atoms with E-state index in [1.165, 1.54) is 0 Å². The topological polar surface area (TPSA) is 59.8 Å². The van der Waals surface area contributed by atoms with Crippen molar-refractivity contribution in [2.24, 2.45) is 0 Å². The van der Waals surface area contributed by atoms with Crippen molar-refractivity contribution in [3.63, 3.8) is 0 Å². The van der Waals surface area contributed by atoms with Gasteiger partial charge < -0.3 is 0 Å². The average Bonchev–Trinajstić information content (AvgIpc) is 2.61. The molecule has 19 heavy (non-hydrogen) atoms. The van der Waals surface area contributed by atoms with Crippen molar-refractivity contribution in [2.75, 3.05) is 5.32 Å². The van der Waals surface area contributed by atoms with Crippen LogP contribution in [0, 0.1) is 13.8 Å². The summed E-state index contributed by atoms with van der Waals surface area (Å²) >= 11 is 2.45. The molecule has 0 aromatic carbocycles. The Balaban J connectivity index is 2.96. The standard InChI is InChI=1S/C13H16N4O.V/c1-7(2)17-9(4)8(3)11-12(14-6-18)15-10(5)16-13(11)17;/h3,6-7H,1-2,4-5H3,(H,14,15,16,18);. The summed E-state index contributed by atoms with van der Waals surface area (Å²) in [6.07, 6.45) is 0.650. The van der Waals surface area contributed by atoms with Gasteiger partial charge in [0, 0.05) is 0 Å². The zero-order valence-corrected chi connectivity index (χ0v) is 12.8. The number of fused-ring (bicyclic) bond motifs is 1. The molecule has 0 radical (unpaired) electrons. The van der Waals surface area contributed by atoms with Crippen LogP contribution in [0.1, 0.15) is 37.0 Å². The molecule has 2 rings (SSSR count). The van der Waals surface area contributed by atoms with Gasteiger partial charge in [0.2, 0.25) is 0 Å². The Bertz CT molecular complexity index is 660. The molecule has 0 aliphatic heterocycles. The summed E-state index contributed by atoms with van der Waals surface area (Å²) in [6, 6.07) is 0.294. The second-order valence-electron chi connectivity index (χ2n) is 4.67. The van der Waals surface area contributed by atoms with Crippen LogP contribution in [0.2, 0.25) is 0 Å². The van der Waals surface area contributed by atoms with E-state index in [0.717, 1.165) is 22.3 Å². The van der Waals surface area contributed by atoms with Gasteiger partial charge in [-0.25, -0.2) is 0 Å².